The molecule has 0 bridgehead atoms. The van der Waals surface area contributed by atoms with Gasteiger partial charge in [0.05, 0.1) is 5.51 Å². The summed E-state index contributed by atoms with van der Waals surface area (Å²) in [5.74, 6) is 0. The molecule has 72 valence electrons. The van der Waals surface area contributed by atoms with Gasteiger partial charge in [-0.05, 0) is 12.0 Å². The van der Waals surface area contributed by atoms with Gasteiger partial charge in [-0.25, -0.2) is 0 Å². The highest BCUT2D eigenvalue weighted by Gasteiger charge is 1.82. The van der Waals surface area contributed by atoms with Crippen LogP contribution in [0, 0.1) is 0 Å². The highest BCUT2D eigenvalue weighted by molar-refractivity contribution is 7.07. The van der Waals surface area contributed by atoms with Crippen LogP contribution in [0.2, 0.25) is 0 Å². The molecule has 2 rings (SSSR count). The lowest BCUT2D eigenvalue weighted by Crippen LogP contribution is -1.75. The molecule has 0 fully saturated rings. The number of hydrogen-bond acceptors (Lipinski definition) is 2. The zero-order valence-electron chi connectivity index (χ0n) is 7.97. The van der Waals surface area contributed by atoms with Crippen molar-refractivity contribution in [2.45, 2.75) is 6.42 Å². The van der Waals surface area contributed by atoms with Crippen molar-refractivity contribution in [1.29, 1.82) is 0 Å². The average Bonchev–Trinajstić information content (AvgIpc) is 2.78. The molecular formula is C12H13NS. The van der Waals surface area contributed by atoms with Crippen LogP contribution in [0.4, 0.5) is 0 Å². The predicted octanol–water partition coefficient (Wildman–Crippen LogP) is 3.56. The molecule has 0 spiro atoms. The van der Waals surface area contributed by atoms with E-state index in [9.17, 15) is 0 Å². The molecule has 0 unspecified atom stereocenters. The molecule has 0 saturated carbocycles. The van der Waals surface area contributed by atoms with E-state index in [1.165, 1.54) is 5.56 Å². The Morgan fingerprint density at radius 3 is 2.50 bits per heavy atom. The van der Waals surface area contributed by atoms with Gasteiger partial charge in [-0.1, -0.05) is 36.4 Å². The van der Waals surface area contributed by atoms with Gasteiger partial charge in [-0.3, -0.25) is 4.98 Å². The average molecular weight is 203 g/mol. The van der Waals surface area contributed by atoms with Gasteiger partial charge in [0.2, 0.25) is 0 Å². The summed E-state index contributed by atoms with van der Waals surface area (Å²) >= 11 is 1.60. The Bertz CT molecular complexity index is 309. The molecule has 2 heteroatoms. The van der Waals surface area contributed by atoms with Gasteiger partial charge in [-0.2, -0.15) is 0 Å². The van der Waals surface area contributed by atoms with Crippen LogP contribution in [0.3, 0.4) is 0 Å². The van der Waals surface area contributed by atoms with Crippen molar-refractivity contribution in [3.05, 3.63) is 65.6 Å². The number of rotatable bonds is 2. The molecule has 14 heavy (non-hydrogen) atoms. The summed E-state index contributed by atoms with van der Waals surface area (Å²) in [4.78, 5) is 3.74. The number of aromatic nitrogens is 1. The molecule has 1 heterocycles. The molecule has 1 nitrogen and oxygen atoms in total. The first-order valence-corrected chi connectivity index (χ1v) is 5.34. The van der Waals surface area contributed by atoms with Crippen LogP contribution in [0.25, 0.3) is 0 Å². The maximum absolute atomic E-state index is 3.74. The summed E-state index contributed by atoms with van der Waals surface area (Å²) in [6.45, 7) is 3.66. The van der Waals surface area contributed by atoms with Gasteiger partial charge in [0.1, 0.15) is 0 Å². The molecule has 0 aliphatic heterocycles. The molecule has 0 aliphatic rings. The van der Waals surface area contributed by atoms with Crippen LogP contribution < -0.4 is 0 Å². The second kappa shape index (κ2) is 7.04. The normalized spacial score (nSPS) is 8.57. The molecule has 0 radical (unpaired) electrons. The summed E-state index contributed by atoms with van der Waals surface area (Å²) in [7, 11) is 0. The van der Waals surface area contributed by atoms with Crippen LogP contribution in [0.15, 0.2) is 60.1 Å². The van der Waals surface area contributed by atoms with Crippen molar-refractivity contribution in [1.82, 2.24) is 4.98 Å². The molecular weight excluding hydrogens is 190 g/mol. The Hall–Kier alpha value is -1.41. The van der Waals surface area contributed by atoms with Crippen LogP contribution >= 0.6 is 11.3 Å². The van der Waals surface area contributed by atoms with Crippen molar-refractivity contribution in [2.24, 2.45) is 0 Å². The zero-order chi connectivity index (χ0) is 10.1. The maximum Gasteiger partial charge on any atom is 0.0791 e. The van der Waals surface area contributed by atoms with Gasteiger partial charge in [0.15, 0.2) is 0 Å². The van der Waals surface area contributed by atoms with E-state index in [-0.39, 0.29) is 0 Å². The van der Waals surface area contributed by atoms with Crippen molar-refractivity contribution < 1.29 is 0 Å². The fraction of sp³-hybridized carbons (Fsp3) is 0.0833. The Morgan fingerprint density at radius 2 is 2.07 bits per heavy atom. The third kappa shape index (κ3) is 4.58. The molecule has 1 aromatic carbocycles. The van der Waals surface area contributed by atoms with Gasteiger partial charge in [0.25, 0.3) is 0 Å². The van der Waals surface area contributed by atoms with E-state index in [0.29, 0.717) is 0 Å². The molecule has 2 aromatic rings. The third-order valence-corrected chi connectivity index (χ3v) is 2.09. The third-order valence-electron chi connectivity index (χ3n) is 1.57. The number of benzene rings is 1. The van der Waals surface area contributed by atoms with E-state index < -0.39 is 0 Å². The van der Waals surface area contributed by atoms with Gasteiger partial charge in [-0.15, -0.1) is 17.9 Å². The van der Waals surface area contributed by atoms with Crippen LogP contribution in [-0.4, -0.2) is 4.98 Å². The topological polar surface area (TPSA) is 12.9 Å². The summed E-state index contributed by atoms with van der Waals surface area (Å²) in [6, 6.07) is 10.3. The van der Waals surface area contributed by atoms with E-state index in [4.69, 9.17) is 0 Å². The highest BCUT2D eigenvalue weighted by Crippen LogP contribution is 1.98. The molecule has 0 saturated heterocycles. The smallest absolute Gasteiger partial charge is 0.0791 e. The Balaban J connectivity index is 0.000000165. The van der Waals surface area contributed by atoms with E-state index in [0.717, 1.165) is 6.42 Å². The fourth-order valence-electron chi connectivity index (χ4n) is 0.956. The maximum atomic E-state index is 3.74. The minimum Gasteiger partial charge on any atom is -0.253 e. The second-order valence-electron chi connectivity index (χ2n) is 2.65. The monoisotopic (exact) mass is 203 g/mol. The summed E-state index contributed by atoms with van der Waals surface area (Å²) in [5, 5.41) is 1.93. The highest BCUT2D eigenvalue weighted by atomic mass is 32.1. The minimum absolute atomic E-state index is 0.973. The standard InChI is InChI=1S/C9H10.C3H3NS/c1-2-6-9-7-4-3-5-8-9;1-2-5-3-4-1/h2-5,7-8H,1,6H2;1-3H. The van der Waals surface area contributed by atoms with Crippen molar-refractivity contribution >= 4 is 11.3 Å². The molecule has 0 N–H and O–H groups in total. The SMILES string of the molecule is C=CCc1ccccc1.c1cscn1. The quantitative estimate of drug-likeness (QED) is 0.680. The number of thiazole rings is 1. The first-order chi connectivity index (χ1) is 6.93. The molecule has 0 aliphatic carbocycles. The Kier molecular flexibility index (Phi) is 5.36. The van der Waals surface area contributed by atoms with Crippen molar-refractivity contribution in [2.75, 3.05) is 0 Å². The summed E-state index contributed by atoms with van der Waals surface area (Å²) < 4.78 is 0. The van der Waals surface area contributed by atoms with Crippen LogP contribution in [-0.2, 0) is 6.42 Å². The molecule has 0 atom stereocenters. The van der Waals surface area contributed by atoms with Crippen molar-refractivity contribution in [3.8, 4) is 0 Å². The first-order valence-electron chi connectivity index (χ1n) is 4.40. The molecule has 1 aromatic heterocycles. The predicted molar refractivity (Wildman–Crippen MR) is 62.5 cm³/mol. The van der Waals surface area contributed by atoms with Gasteiger partial charge < -0.3 is 0 Å². The van der Waals surface area contributed by atoms with Crippen molar-refractivity contribution in [3.63, 3.8) is 0 Å². The second-order valence-corrected chi connectivity index (χ2v) is 3.41. The fourth-order valence-corrected chi connectivity index (χ4v) is 1.31. The Morgan fingerprint density at radius 1 is 1.29 bits per heavy atom. The lowest BCUT2D eigenvalue weighted by atomic mass is 10.2. The van der Waals surface area contributed by atoms with Crippen LogP contribution in [0.5, 0.6) is 0 Å². The lowest BCUT2D eigenvalue weighted by molar-refractivity contribution is 1.28. The first kappa shape index (κ1) is 10.7. The van der Waals surface area contributed by atoms with E-state index in [1.54, 1.807) is 23.0 Å². The minimum atomic E-state index is 0.973. The number of nitrogens with zero attached hydrogens (tertiary/aromatic N) is 1. The van der Waals surface area contributed by atoms with E-state index in [1.807, 2.05) is 29.7 Å². The van der Waals surface area contributed by atoms with Gasteiger partial charge >= 0.3 is 0 Å². The largest absolute Gasteiger partial charge is 0.253 e. The van der Waals surface area contributed by atoms with Gasteiger partial charge in [0, 0.05) is 11.6 Å². The number of hydrogen-bond donors (Lipinski definition) is 0. The lowest BCUT2D eigenvalue weighted by Gasteiger charge is -1.91. The summed E-state index contributed by atoms with van der Waals surface area (Å²) in [5.41, 5.74) is 3.12. The van der Waals surface area contributed by atoms with E-state index in [2.05, 4.69) is 23.7 Å². The zero-order valence-corrected chi connectivity index (χ0v) is 8.78. The summed E-state index contributed by atoms with van der Waals surface area (Å²) in [6.07, 6.45) is 4.65. The van der Waals surface area contributed by atoms with Crippen LogP contribution in [0.1, 0.15) is 5.56 Å². The number of allylic oxidation sites excluding steroid dienone is 1. The Labute approximate surface area is 88.8 Å². The van der Waals surface area contributed by atoms with E-state index >= 15 is 0 Å². The molecule has 0 amide bonds.